The highest BCUT2D eigenvalue weighted by Crippen LogP contribution is 2.43. The number of nitrogens with zero attached hydrogens (tertiary/aromatic N) is 4. The molecule has 2 saturated heterocycles. The Balaban J connectivity index is 1.11. The number of carbonyl (C=O) groups is 2. The molecule has 0 atom stereocenters. The van der Waals surface area contributed by atoms with Crippen molar-refractivity contribution in [1.82, 2.24) is 14.6 Å². The lowest BCUT2D eigenvalue weighted by atomic mass is 9.72. The number of nitrogens with one attached hydrogen (secondary N) is 3. The molecule has 0 saturated carbocycles. The number of aromatic nitrogens is 1. The number of halogens is 2. The summed E-state index contributed by atoms with van der Waals surface area (Å²) in [7, 11) is -4.63. The number of allylic oxidation sites excluding steroid dienone is 1. The van der Waals surface area contributed by atoms with Crippen LogP contribution in [-0.4, -0.2) is 92.8 Å². The van der Waals surface area contributed by atoms with Gasteiger partial charge in [0.1, 0.15) is 27.6 Å². The largest absolute Gasteiger partial charge is 0.465 e. The molecule has 1 aliphatic carbocycles. The summed E-state index contributed by atoms with van der Waals surface area (Å²) in [6, 6.07) is 19.1. The van der Waals surface area contributed by atoms with E-state index < -0.39 is 37.5 Å². The molecule has 3 aliphatic rings. The van der Waals surface area contributed by atoms with E-state index >= 15 is 0 Å². The zero-order valence-electron chi connectivity index (χ0n) is 34.9. The van der Waals surface area contributed by atoms with E-state index in [4.69, 9.17) is 21.1 Å². The molecule has 0 radical (unpaired) electrons. The summed E-state index contributed by atoms with van der Waals surface area (Å²) in [6.07, 6.45) is 3.34. The van der Waals surface area contributed by atoms with Crippen molar-refractivity contribution < 1.29 is 37.5 Å². The molecule has 19 heteroatoms. The average Bonchev–Trinajstić information content (AvgIpc) is 3.23. The first-order chi connectivity index (χ1) is 30.0. The predicted octanol–water partition coefficient (Wildman–Crippen LogP) is 9.03. The molecule has 0 bridgehead atoms. The minimum absolute atomic E-state index is 0.0248. The average molecular weight is 967 g/mol. The van der Waals surface area contributed by atoms with Crippen molar-refractivity contribution in [2.45, 2.75) is 50.8 Å². The molecule has 0 spiro atoms. The molecule has 16 nitrogen and oxygen atoms in total. The number of hydrogen-bond donors (Lipinski definition) is 4. The van der Waals surface area contributed by atoms with Gasteiger partial charge in [0.2, 0.25) is 0 Å². The fourth-order valence-corrected chi connectivity index (χ4v) is 9.66. The van der Waals surface area contributed by atoms with Gasteiger partial charge in [-0.05, 0) is 107 Å². The monoisotopic (exact) mass is 965 g/mol. The van der Waals surface area contributed by atoms with Crippen molar-refractivity contribution in [2.75, 3.05) is 68.0 Å². The van der Waals surface area contributed by atoms with Crippen molar-refractivity contribution >= 4 is 78.0 Å². The maximum atomic E-state index is 13.9. The first-order valence-corrected chi connectivity index (χ1v) is 23.3. The van der Waals surface area contributed by atoms with E-state index in [2.05, 4.69) is 72.0 Å². The first kappa shape index (κ1) is 45.7. The van der Waals surface area contributed by atoms with Crippen LogP contribution in [0.1, 0.15) is 61.9 Å². The van der Waals surface area contributed by atoms with Gasteiger partial charge in [0.05, 0.1) is 15.4 Å². The number of anilines is 3. The number of carbonyl (C=O) groups excluding carboxylic acids is 1. The number of benzene rings is 3. The second-order valence-electron chi connectivity index (χ2n) is 16.7. The van der Waals surface area contributed by atoms with Gasteiger partial charge in [-0.15, -0.1) is 0 Å². The SMILES string of the molecule is CC1(C)CCC(CN2CCN(c3ccc(C(=O)NS(=O)(=O)c4ccc(NCC5CCOCC5)c([N+](=O)[O-])c4)c(Oc4cc(Br)nc(NC(=O)O)c4)c3)CC2)=C(c2ccc(Cl)cc2)C1. The van der Waals surface area contributed by atoms with Crippen molar-refractivity contribution in [3.8, 4) is 11.5 Å². The van der Waals surface area contributed by atoms with Crippen LogP contribution < -0.4 is 25.0 Å². The molecule has 2 aliphatic heterocycles. The molecule has 2 fully saturated rings. The molecule has 2 amide bonds. The van der Waals surface area contributed by atoms with E-state index in [0.29, 0.717) is 43.6 Å². The topological polar surface area (TPSA) is 206 Å². The molecule has 0 unspecified atom stereocenters. The fourth-order valence-electron chi connectivity index (χ4n) is 8.13. The van der Waals surface area contributed by atoms with Crippen LogP contribution >= 0.6 is 27.5 Å². The van der Waals surface area contributed by atoms with E-state index in [-0.39, 0.29) is 44.5 Å². The molecular weight excluding hydrogens is 918 g/mol. The third kappa shape index (κ3) is 11.9. The third-order valence-electron chi connectivity index (χ3n) is 11.6. The maximum absolute atomic E-state index is 13.9. The van der Waals surface area contributed by atoms with Crippen LogP contribution in [0, 0.1) is 21.4 Å². The van der Waals surface area contributed by atoms with Gasteiger partial charge in [-0.3, -0.25) is 25.1 Å². The summed E-state index contributed by atoms with van der Waals surface area (Å²) in [4.78, 5) is 44.9. The Morgan fingerprint density at radius 1 is 1.03 bits per heavy atom. The Morgan fingerprint density at radius 2 is 1.76 bits per heavy atom. The summed E-state index contributed by atoms with van der Waals surface area (Å²) < 4.78 is 41.2. The number of hydrogen-bond acceptors (Lipinski definition) is 12. The Labute approximate surface area is 379 Å². The number of pyridine rings is 1. The van der Waals surface area contributed by atoms with Gasteiger partial charge >= 0.3 is 6.09 Å². The number of piperazine rings is 1. The predicted molar refractivity (Wildman–Crippen MR) is 245 cm³/mol. The molecule has 3 heterocycles. The van der Waals surface area contributed by atoms with Crippen molar-refractivity contribution in [2.24, 2.45) is 11.3 Å². The summed E-state index contributed by atoms with van der Waals surface area (Å²) in [5, 5.41) is 27.3. The highest BCUT2D eigenvalue weighted by Gasteiger charge is 2.31. The number of nitro groups is 1. The Morgan fingerprint density at radius 3 is 2.46 bits per heavy atom. The van der Waals surface area contributed by atoms with Crippen LogP contribution in [0.5, 0.6) is 11.5 Å². The number of nitro benzene ring substituents is 1. The molecule has 3 aromatic carbocycles. The van der Waals surface area contributed by atoms with Gasteiger partial charge < -0.3 is 24.8 Å². The lowest BCUT2D eigenvalue weighted by molar-refractivity contribution is -0.384. The number of ether oxygens (including phenoxy) is 2. The Kier molecular flexibility index (Phi) is 14.3. The number of sulfonamides is 1. The maximum Gasteiger partial charge on any atom is 0.410 e. The summed E-state index contributed by atoms with van der Waals surface area (Å²) >= 11 is 9.49. The summed E-state index contributed by atoms with van der Waals surface area (Å²) in [5.74, 6) is -0.796. The summed E-state index contributed by atoms with van der Waals surface area (Å²) in [6.45, 7) is 9.94. The van der Waals surface area contributed by atoms with Crippen molar-refractivity contribution in [1.29, 1.82) is 0 Å². The minimum Gasteiger partial charge on any atom is -0.465 e. The second-order valence-corrected chi connectivity index (χ2v) is 19.7. The molecule has 1 aromatic heterocycles. The number of rotatable bonds is 14. The van der Waals surface area contributed by atoms with Crippen molar-refractivity contribution in [3.05, 3.63) is 109 Å². The quantitative estimate of drug-likeness (QED) is 0.0530. The van der Waals surface area contributed by atoms with Gasteiger partial charge in [0.25, 0.3) is 21.6 Å². The smallest absolute Gasteiger partial charge is 0.410 e. The highest BCUT2D eigenvalue weighted by atomic mass is 79.9. The lowest BCUT2D eigenvalue weighted by Gasteiger charge is -2.39. The molecule has 63 heavy (non-hydrogen) atoms. The zero-order chi connectivity index (χ0) is 44.9. The number of carboxylic acid groups (broad SMARTS) is 1. The fraction of sp³-hybridized carbons (Fsp3) is 0.386. The molecule has 4 N–H and O–H groups in total. The second kappa shape index (κ2) is 19.6. The van der Waals surface area contributed by atoms with Gasteiger partial charge in [-0.25, -0.2) is 22.9 Å². The van der Waals surface area contributed by atoms with E-state index in [1.807, 2.05) is 12.1 Å². The van der Waals surface area contributed by atoms with Gasteiger partial charge in [-0.1, -0.05) is 43.2 Å². The standard InChI is InChI=1S/C44H49BrClN7O9S/c1-44(2)14-11-30(36(25-44)29-3-5-31(46)6-4-29)27-51-15-17-52(18-16-51)32-7-9-35(39(21-32)62-33-22-40(45)48-41(23-33)49-43(55)56)42(54)50-63(59,60)34-8-10-37(38(24-34)53(57)58)47-26-28-12-19-61-20-13-28/h3-10,21-24,28,47H,11-20,25-27H2,1-2H3,(H,48,49)(H,50,54)(H,55,56). The van der Waals surface area contributed by atoms with Gasteiger partial charge in [0.15, 0.2) is 0 Å². The molecular formula is C44H49BrClN7O9S. The lowest BCUT2D eigenvalue weighted by Crippen LogP contribution is -2.47. The normalized spacial score (nSPS) is 17.2. The van der Waals surface area contributed by atoms with Crippen LogP contribution in [-0.2, 0) is 14.8 Å². The van der Waals surface area contributed by atoms with E-state index in [9.17, 15) is 33.2 Å². The molecule has 4 aromatic rings. The molecule has 334 valence electrons. The number of amides is 2. The van der Waals surface area contributed by atoms with Crippen LogP contribution in [0.15, 0.2) is 87.9 Å². The summed E-state index contributed by atoms with van der Waals surface area (Å²) in [5.41, 5.74) is 4.45. The third-order valence-corrected chi connectivity index (χ3v) is 13.6. The van der Waals surface area contributed by atoms with Gasteiger partial charge in [-0.2, -0.15) is 0 Å². The first-order valence-electron chi connectivity index (χ1n) is 20.6. The van der Waals surface area contributed by atoms with E-state index in [1.54, 1.807) is 12.1 Å². The van der Waals surface area contributed by atoms with E-state index in [1.165, 1.54) is 47.0 Å². The van der Waals surface area contributed by atoms with E-state index in [0.717, 1.165) is 57.8 Å². The van der Waals surface area contributed by atoms with Gasteiger partial charge in [0, 0.05) is 87.5 Å². The van der Waals surface area contributed by atoms with Crippen molar-refractivity contribution in [3.63, 3.8) is 0 Å². The van der Waals surface area contributed by atoms with Crippen LogP contribution in [0.2, 0.25) is 5.02 Å². The molecule has 7 rings (SSSR count). The Hall–Kier alpha value is -5.27. The zero-order valence-corrected chi connectivity index (χ0v) is 38.0. The minimum atomic E-state index is -4.63. The van der Waals surface area contributed by atoms with Crippen LogP contribution in [0.3, 0.4) is 0 Å². The highest BCUT2D eigenvalue weighted by molar-refractivity contribution is 9.10. The Bertz CT molecular complexity index is 2510. The van der Waals surface area contributed by atoms with Crippen LogP contribution in [0.25, 0.3) is 5.57 Å². The van der Waals surface area contributed by atoms with Crippen LogP contribution in [0.4, 0.5) is 27.7 Å².